The Labute approximate surface area is 175 Å². The second kappa shape index (κ2) is 7.42. The average molecular weight is 420 g/mol. The van der Waals surface area contributed by atoms with E-state index in [1.807, 2.05) is 48.5 Å². The van der Waals surface area contributed by atoms with E-state index in [0.717, 1.165) is 33.6 Å². The van der Waals surface area contributed by atoms with E-state index in [1.54, 1.807) is 23.5 Å². The number of nitrogens with one attached hydrogen (secondary N) is 2. The number of para-hydroxylation sites is 2. The number of nitrogens with zero attached hydrogens (tertiary/aromatic N) is 1. The SMILES string of the molecule is O=C(Nc1ccccc1-c1nc2ccccc2s1)c1ccc(NC(=O)C2CC2)s1. The zero-order valence-corrected chi connectivity index (χ0v) is 17.0. The first-order valence-electron chi connectivity index (χ1n) is 9.34. The molecule has 2 N–H and O–H groups in total. The second-order valence-electron chi connectivity index (χ2n) is 6.91. The van der Waals surface area contributed by atoms with Crippen LogP contribution < -0.4 is 10.6 Å². The molecule has 4 aromatic rings. The molecule has 2 heterocycles. The van der Waals surface area contributed by atoms with Gasteiger partial charge in [0.15, 0.2) is 0 Å². The number of hydrogen-bond acceptors (Lipinski definition) is 5. The van der Waals surface area contributed by atoms with Gasteiger partial charge in [0.1, 0.15) is 5.01 Å². The summed E-state index contributed by atoms with van der Waals surface area (Å²) in [4.78, 5) is 30.0. The number of thiazole rings is 1. The molecule has 5 rings (SSSR count). The topological polar surface area (TPSA) is 71.1 Å². The molecule has 1 aliphatic carbocycles. The van der Waals surface area contributed by atoms with Gasteiger partial charge in [-0.2, -0.15) is 0 Å². The quantitative estimate of drug-likeness (QED) is 0.441. The summed E-state index contributed by atoms with van der Waals surface area (Å²) < 4.78 is 1.11. The van der Waals surface area contributed by atoms with Crippen molar-refractivity contribution in [2.24, 2.45) is 5.92 Å². The van der Waals surface area contributed by atoms with Crippen molar-refractivity contribution in [1.29, 1.82) is 0 Å². The van der Waals surface area contributed by atoms with Crippen molar-refractivity contribution in [3.8, 4) is 10.6 Å². The molecule has 5 nitrogen and oxygen atoms in total. The van der Waals surface area contributed by atoms with Crippen LogP contribution in [0.4, 0.5) is 10.7 Å². The van der Waals surface area contributed by atoms with E-state index in [9.17, 15) is 9.59 Å². The molecule has 0 radical (unpaired) electrons. The van der Waals surface area contributed by atoms with Gasteiger partial charge in [-0.1, -0.05) is 24.3 Å². The molecule has 0 bridgehead atoms. The Bertz CT molecular complexity index is 1190. The minimum atomic E-state index is -0.199. The first-order chi connectivity index (χ1) is 14.2. The molecule has 1 aliphatic rings. The van der Waals surface area contributed by atoms with Crippen molar-refractivity contribution in [1.82, 2.24) is 4.98 Å². The number of thiophene rings is 1. The highest BCUT2D eigenvalue weighted by molar-refractivity contribution is 7.21. The van der Waals surface area contributed by atoms with E-state index in [0.29, 0.717) is 15.6 Å². The largest absolute Gasteiger partial charge is 0.321 e. The Kier molecular flexibility index (Phi) is 4.61. The molecular formula is C22H17N3O2S2. The number of carbonyl (C=O) groups excluding carboxylic acids is 2. The average Bonchev–Trinajstić information content (AvgIpc) is 3.33. The monoisotopic (exact) mass is 419 g/mol. The van der Waals surface area contributed by atoms with E-state index < -0.39 is 0 Å². The lowest BCUT2D eigenvalue weighted by Crippen LogP contribution is -2.12. The van der Waals surface area contributed by atoms with Gasteiger partial charge in [0.05, 0.1) is 25.8 Å². The molecule has 2 aromatic carbocycles. The van der Waals surface area contributed by atoms with E-state index in [1.165, 1.54) is 11.3 Å². The number of fused-ring (bicyclic) bond motifs is 1. The van der Waals surface area contributed by atoms with Gasteiger partial charge in [0.25, 0.3) is 5.91 Å². The molecule has 2 aromatic heterocycles. The molecule has 0 saturated heterocycles. The van der Waals surface area contributed by atoms with Crippen LogP contribution in [0.1, 0.15) is 22.5 Å². The highest BCUT2D eigenvalue weighted by Gasteiger charge is 2.30. The van der Waals surface area contributed by atoms with Crippen LogP contribution in [0.5, 0.6) is 0 Å². The first kappa shape index (κ1) is 18.0. The number of amides is 2. The standard InChI is InChI=1S/C22H17N3O2S2/c26-20(13-9-10-13)25-19-12-11-18(28-19)21(27)23-15-6-2-1-5-14(15)22-24-16-7-3-4-8-17(16)29-22/h1-8,11-13H,9-10H2,(H,23,27)(H,25,26). The lowest BCUT2D eigenvalue weighted by molar-refractivity contribution is -0.117. The summed E-state index contributed by atoms with van der Waals surface area (Å²) in [5.74, 6) is -0.0227. The number of anilines is 2. The molecule has 2 amide bonds. The number of rotatable bonds is 5. The lowest BCUT2D eigenvalue weighted by atomic mass is 10.2. The highest BCUT2D eigenvalue weighted by Crippen LogP contribution is 2.35. The summed E-state index contributed by atoms with van der Waals surface area (Å²) in [5, 5.41) is 7.45. The smallest absolute Gasteiger partial charge is 0.265 e. The fourth-order valence-corrected chi connectivity index (χ4v) is 4.86. The van der Waals surface area contributed by atoms with Gasteiger partial charge in [-0.3, -0.25) is 9.59 Å². The van der Waals surface area contributed by atoms with Gasteiger partial charge in [-0.05, 0) is 49.2 Å². The third kappa shape index (κ3) is 3.79. The predicted molar refractivity (Wildman–Crippen MR) is 119 cm³/mol. The Balaban J connectivity index is 1.37. The van der Waals surface area contributed by atoms with Gasteiger partial charge in [0.2, 0.25) is 5.91 Å². The molecule has 29 heavy (non-hydrogen) atoms. The summed E-state index contributed by atoms with van der Waals surface area (Å²) in [5.41, 5.74) is 2.55. The minimum absolute atomic E-state index is 0.0417. The van der Waals surface area contributed by atoms with E-state index in [2.05, 4.69) is 10.6 Å². The third-order valence-electron chi connectivity index (χ3n) is 4.72. The zero-order chi connectivity index (χ0) is 19.8. The van der Waals surface area contributed by atoms with Crippen LogP contribution in [0.3, 0.4) is 0 Å². The molecule has 144 valence electrons. The van der Waals surface area contributed by atoms with Crippen molar-refractivity contribution in [3.63, 3.8) is 0 Å². The molecule has 1 fully saturated rings. The molecule has 0 unspecified atom stereocenters. The molecule has 0 atom stereocenters. The van der Waals surface area contributed by atoms with E-state index >= 15 is 0 Å². The van der Waals surface area contributed by atoms with Crippen LogP contribution in [-0.4, -0.2) is 16.8 Å². The first-order valence-corrected chi connectivity index (χ1v) is 11.0. The molecular weight excluding hydrogens is 402 g/mol. The predicted octanol–water partition coefficient (Wildman–Crippen LogP) is 5.63. The Morgan fingerprint density at radius 2 is 1.69 bits per heavy atom. The van der Waals surface area contributed by atoms with Crippen LogP contribution in [0.25, 0.3) is 20.8 Å². The second-order valence-corrected chi connectivity index (χ2v) is 9.03. The third-order valence-corrected chi connectivity index (χ3v) is 6.79. The maximum Gasteiger partial charge on any atom is 0.265 e. The summed E-state index contributed by atoms with van der Waals surface area (Å²) >= 11 is 2.88. The van der Waals surface area contributed by atoms with Crippen molar-refractivity contribution in [2.45, 2.75) is 12.8 Å². The normalized spacial score (nSPS) is 13.4. The van der Waals surface area contributed by atoms with Crippen molar-refractivity contribution in [2.75, 3.05) is 10.6 Å². The van der Waals surface area contributed by atoms with Crippen LogP contribution in [-0.2, 0) is 4.79 Å². The molecule has 0 aliphatic heterocycles. The van der Waals surface area contributed by atoms with Gasteiger partial charge in [-0.25, -0.2) is 4.98 Å². The lowest BCUT2D eigenvalue weighted by Gasteiger charge is -2.08. The van der Waals surface area contributed by atoms with Crippen LogP contribution in [0.15, 0.2) is 60.7 Å². The van der Waals surface area contributed by atoms with Crippen molar-refractivity contribution in [3.05, 3.63) is 65.5 Å². The van der Waals surface area contributed by atoms with Crippen molar-refractivity contribution < 1.29 is 9.59 Å². The van der Waals surface area contributed by atoms with Crippen LogP contribution >= 0.6 is 22.7 Å². The van der Waals surface area contributed by atoms with E-state index in [-0.39, 0.29) is 17.7 Å². The van der Waals surface area contributed by atoms with Crippen molar-refractivity contribution >= 4 is 55.4 Å². The Morgan fingerprint density at radius 3 is 2.52 bits per heavy atom. The Hall–Kier alpha value is -3.03. The van der Waals surface area contributed by atoms with E-state index in [4.69, 9.17) is 4.98 Å². The molecule has 0 spiro atoms. The summed E-state index contributed by atoms with van der Waals surface area (Å²) in [6.45, 7) is 0. The fraction of sp³-hybridized carbons (Fsp3) is 0.136. The van der Waals surface area contributed by atoms with Gasteiger partial charge >= 0.3 is 0 Å². The van der Waals surface area contributed by atoms with Gasteiger partial charge < -0.3 is 10.6 Å². The molecule has 1 saturated carbocycles. The number of hydrogen-bond donors (Lipinski definition) is 2. The maximum atomic E-state index is 12.8. The van der Waals surface area contributed by atoms with Crippen LogP contribution in [0.2, 0.25) is 0 Å². The summed E-state index contributed by atoms with van der Waals surface area (Å²) in [6.07, 6.45) is 1.90. The molecule has 7 heteroatoms. The Morgan fingerprint density at radius 1 is 0.897 bits per heavy atom. The van der Waals surface area contributed by atoms with Gasteiger partial charge in [-0.15, -0.1) is 22.7 Å². The number of carbonyl (C=O) groups is 2. The minimum Gasteiger partial charge on any atom is -0.321 e. The van der Waals surface area contributed by atoms with Crippen LogP contribution in [0, 0.1) is 5.92 Å². The summed E-state index contributed by atoms with van der Waals surface area (Å²) in [6, 6.07) is 19.2. The van der Waals surface area contributed by atoms with Gasteiger partial charge in [0, 0.05) is 11.5 Å². The zero-order valence-electron chi connectivity index (χ0n) is 15.3. The highest BCUT2D eigenvalue weighted by atomic mass is 32.1. The number of aromatic nitrogens is 1. The fourth-order valence-electron chi connectivity index (χ4n) is 3.05. The maximum absolute atomic E-state index is 12.8. The number of benzene rings is 2. The summed E-state index contributed by atoms with van der Waals surface area (Å²) in [7, 11) is 0.